The highest BCUT2D eigenvalue weighted by Crippen LogP contribution is 2.29. The molecule has 1 saturated carbocycles. The molecule has 21 heavy (non-hydrogen) atoms. The first-order valence-corrected chi connectivity index (χ1v) is 8.61. The number of nitrogens with zero attached hydrogens (tertiary/aromatic N) is 1. The normalized spacial score (nSPS) is 16.6. The molecular formula is C15H26N4OS. The summed E-state index contributed by atoms with van der Waals surface area (Å²) in [6, 6.07) is 0.654. The number of hydrogen-bond donors (Lipinski definition) is 3. The van der Waals surface area contributed by atoms with E-state index >= 15 is 0 Å². The molecule has 0 saturated heterocycles. The fraction of sp³-hybridized carbons (Fsp3) is 0.733. The maximum Gasteiger partial charge on any atom is 0.265 e. The summed E-state index contributed by atoms with van der Waals surface area (Å²) >= 11 is 1.35. The molecule has 1 aromatic heterocycles. The molecule has 4 N–H and O–H groups in total. The summed E-state index contributed by atoms with van der Waals surface area (Å²) in [4.78, 5) is 17.0. The Morgan fingerprint density at radius 1 is 1.38 bits per heavy atom. The van der Waals surface area contributed by atoms with Crippen LogP contribution in [0.2, 0.25) is 0 Å². The van der Waals surface area contributed by atoms with Crippen molar-refractivity contribution in [3.8, 4) is 0 Å². The Hall–Kier alpha value is -1.30. The zero-order chi connectivity index (χ0) is 15.4. The SMILES string of the molecule is CC(C)CCC(C)NC(=O)c1sc(NC2CCC2)nc1N. The molecular weight excluding hydrogens is 284 g/mol. The fourth-order valence-electron chi connectivity index (χ4n) is 2.23. The number of nitrogens with two attached hydrogens (primary N) is 1. The second-order valence-electron chi connectivity index (χ2n) is 6.35. The summed E-state index contributed by atoms with van der Waals surface area (Å²) in [6.07, 6.45) is 5.70. The molecule has 0 aliphatic heterocycles. The molecule has 1 heterocycles. The molecule has 0 aromatic carbocycles. The first-order valence-electron chi connectivity index (χ1n) is 7.79. The van der Waals surface area contributed by atoms with Crippen LogP contribution in [0.1, 0.15) is 62.5 Å². The largest absolute Gasteiger partial charge is 0.382 e. The topological polar surface area (TPSA) is 80.0 Å². The molecule has 5 nitrogen and oxygen atoms in total. The molecule has 1 aliphatic carbocycles. The van der Waals surface area contributed by atoms with Crippen molar-refractivity contribution in [2.24, 2.45) is 5.92 Å². The van der Waals surface area contributed by atoms with Gasteiger partial charge >= 0.3 is 0 Å². The van der Waals surface area contributed by atoms with Crippen molar-refractivity contribution < 1.29 is 4.79 Å². The van der Waals surface area contributed by atoms with Crippen molar-refractivity contribution >= 4 is 28.2 Å². The number of carbonyl (C=O) groups excluding carboxylic acids is 1. The van der Waals surface area contributed by atoms with E-state index in [1.54, 1.807) is 0 Å². The minimum Gasteiger partial charge on any atom is -0.382 e. The number of rotatable bonds is 7. The van der Waals surface area contributed by atoms with Crippen LogP contribution >= 0.6 is 11.3 Å². The molecule has 1 aliphatic rings. The summed E-state index contributed by atoms with van der Waals surface area (Å²) in [5, 5.41) is 7.11. The molecule has 1 amide bonds. The highest BCUT2D eigenvalue weighted by Gasteiger charge is 2.22. The minimum absolute atomic E-state index is 0.108. The Morgan fingerprint density at radius 3 is 2.67 bits per heavy atom. The van der Waals surface area contributed by atoms with Crippen LogP contribution in [0.15, 0.2) is 0 Å². The van der Waals surface area contributed by atoms with Gasteiger partial charge in [0.15, 0.2) is 5.13 Å². The number of aromatic nitrogens is 1. The summed E-state index contributed by atoms with van der Waals surface area (Å²) in [5.41, 5.74) is 5.87. The third-order valence-corrected chi connectivity index (χ3v) is 4.85. The van der Waals surface area contributed by atoms with Crippen molar-refractivity contribution in [3.63, 3.8) is 0 Å². The van der Waals surface area contributed by atoms with Crippen LogP contribution in [0.3, 0.4) is 0 Å². The lowest BCUT2D eigenvalue weighted by molar-refractivity contribution is 0.0942. The van der Waals surface area contributed by atoms with E-state index < -0.39 is 0 Å². The summed E-state index contributed by atoms with van der Waals surface area (Å²) in [6.45, 7) is 6.41. The van der Waals surface area contributed by atoms with Gasteiger partial charge in [-0.3, -0.25) is 4.79 Å². The zero-order valence-corrected chi connectivity index (χ0v) is 13.9. The Bertz CT molecular complexity index is 482. The summed E-state index contributed by atoms with van der Waals surface area (Å²) < 4.78 is 0. The van der Waals surface area contributed by atoms with Gasteiger partial charge in [0, 0.05) is 12.1 Å². The summed E-state index contributed by atoms with van der Waals surface area (Å²) in [7, 11) is 0. The van der Waals surface area contributed by atoms with Crippen molar-refractivity contribution in [1.82, 2.24) is 10.3 Å². The predicted octanol–water partition coefficient (Wildman–Crippen LogP) is 3.24. The van der Waals surface area contributed by atoms with Crippen LogP contribution < -0.4 is 16.4 Å². The second kappa shape index (κ2) is 7.11. The third kappa shape index (κ3) is 4.59. The summed E-state index contributed by atoms with van der Waals surface area (Å²) in [5.74, 6) is 0.870. The molecule has 1 fully saturated rings. The van der Waals surface area contributed by atoms with Crippen LogP contribution in [-0.4, -0.2) is 23.0 Å². The van der Waals surface area contributed by atoms with Crippen LogP contribution in [0.5, 0.6) is 0 Å². The van der Waals surface area contributed by atoms with Crippen molar-refractivity contribution in [3.05, 3.63) is 4.88 Å². The number of carbonyl (C=O) groups is 1. The van der Waals surface area contributed by atoms with Crippen molar-refractivity contribution in [2.45, 2.75) is 65.0 Å². The maximum absolute atomic E-state index is 12.3. The quantitative estimate of drug-likeness (QED) is 0.722. The van der Waals surface area contributed by atoms with Crippen LogP contribution in [0.25, 0.3) is 0 Å². The van der Waals surface area contributed by atoms with Crippen LogP contribution in [0.4, 0.5) is 10.9 Å². The van der Waals surface area contributed by atoms with E-state index in [4.69, 9.17) is 5.73 Å². The number of anilines is 2. The van der Waals surface area contributed by atoms with E-state index in [9.17, 15) is 4.79 Å². The zero-order valence-electron chi connectivity index (χ0n) is 13.1. The van der Waals surface area contributed by atoms with Gasteiger partial charge in [0.25, 0.3) is 5.91 Å². The van der Waals surface area contributed by atoms with Gasteiger partial charge in [-0.05, 0) is 44.9 Å². The molecule has 2 rings (SSSR count). The minimum atomic E-state index is -0.108. The molecule has 6 heteroatoms. The Kier molecular flexibility index (Phi) is 5.45. The number of thiazole rings is 1. The van der Waals surface area contributed by atoms with Gasteiger partial charge in [-0.25, -0.2) is 4.98 Å². The van der Waals surface area contributed by atoms with E-state index in [1.807, 2.05) is 6.92 Å². The smallest absolute Gasteiger partial charge is 0.265 e. The Labute approximate surface area is 130 Å². The molecule has 0 radical (unpaired) electrons. The first-order chi connectivity index (χ1) is 9.95. The van der Waals surface area contributed by atoms with Gasteiger partial charge in [0.1, 0.15) is 10.7 Å². The highest BCUT2D eigenvalue weighted by molar-refractivity contribution is 7.18. The molecule has 1 aromatic rings. The molecule has 118 valence electrons. The van der Waals surface area contributed by atoms with Crippen molar-refractivity contribution in [1.29, 1.82) is 0 Å². The van der Waals surface area contributed by atoms with E-state index in [2.05, 4.69) is 29.5 Å². The average molecular weight is 310 g/mol. The predicted molar refractivity (Wildman–Crippen MR) is 88.8 cm³/mol. The lowest BCUT2D eigenvalue weighted by atomic mass is 9.93. The van der Waals surface area contributed by atoms with E-state index in [-0.39, 0.29) is 11.9 Å². The second-order valence-corrected chi connectivity index (χ2v) is 7.35. The van der Waals surface area contributed by atoms with Crippen molar-refractivity contribution in [2.75, 3.05) is 11.1 Å². The van der Waals surface area contributed by atoms with Gasteiger partial charge in [0.2, 0.25) is 0 Å². The fourth-order valence-corrected chi connectivity index (χ4v) is 3.09. The van der Waals surface area contributed by atoms with Gasteiger partial charge in [-0.2, -0.15) is 0 Å². The lowest BCUT2D eigenvalue weighted by Gasteiger charge is -2.25. The highest BCUT2D eigenvalue weighted by atomic mass is 32.1. The molecule has 1 unspecified atom stereocenters. The van der Waals surface area contributed by atoms with Gasteiger partial charge < -0.3 is 16.4 Å². The van der Waals surface area contributed by atoms with E-state index in [0.29, 0.717) is 22.7 Å². The van der Waals surface area contributed by atoms with E-state index in [1.165, 1.54) is 30.6 Å². The van der Waals surface area contributed by atoms with Gasteiger partial charge in [-0.15, -0.1) is 0 Å². The van der Waals surface area contributed by atoms with Crippen LogP contribution in [0, 0.1) is 5.92 Å². The standard InChI is InChI=1S/C15H26N4OS/c1-9(2)7-8-10(3)17-14(20)12-13(16)19-15(21-12)18-11-5-4-6-11/h9-11H,4-8,16H2,1-3H3,(H,17,20)(H,18,19). The Balaban J connectivity index is 1.89. The maximum atomic E-state index is 12.3. The average Bonchev–Trinajstić information content (AvgIpc) is 2.72. The number of amides is 1. The molecule has 1 atom stereocenters. The monoisotopic (exact) mass is 310 g/mol. The number of nitrogens with one attached hydrogen (secondary N) is 2. The Morgan fingerprint density at radius 2 is 2.10 bits per heavy atom. The van der Waals surface area contributed by atoms with E-state index in [0.717, 1.165) is 18.0 Å². The molecule has 0 bridgehead atoms. The lowest BCUT2D eigenvalue weighted by Crippen LogP contribution is -2.32. The van der Waals surface area contributed by atoms with Crippen LogP contribution in [-0.2, 0) is 0 Å². The molecule has 0 spiro atoms. The number of hydrogen-bond acceptors (Lipinski definition) is 5. The van der Waals surface area contributed by atoms with Gasteiger partial charge in [-0.1, -0.05) is 25.2 Å². The first kappa shape index (κ1) is 16.1. The number of nitrogen functional groups attached to an aromatic ring is 1. The van der Waals surface area contributed by atoms with Gasteiger partial charge in [0.05, 0.1) is 0 Å². The third-order valence-electron chi connectivity index (χ3n) is 3.85.